The molecule has 2 aromatic rings. The van der Waals surface area contributed by atoms with Crippen LogP contribution in [0.1, 0.15) is 5.56 Å². The summed E-state index contributed by atoms with van der Waals surface area (Å²) >= 11 is 17.9. The highest BCUT2D eigenvalue weighted by Gasteiger charge is 2.06. The van der Waals surface area contributed by atoms with Crippen LogP contribution in [0.25, 0.3) is 0 Å². The van der Waals surface area contributed by atoms with Crippen LogP contribution < -0.4 is 10.5 Å². The fourth-order valence-corrected chi connectivity index (χ4v) is 2.15. The van der Waals surface area contributed by atoms with E-state index in [0.717, 1.165) is 12.0 Å². The van der Waals surface area contributed by atoms with Crippen molar-refractivity contribution < 1.29 is 4.74 Å². The molecule has 0 unspecified atom stereocenters. The van der Waals surface area contributed by atoms with Gasteiger partial charge in [-0.1, -0.05) is 40.9 Å². The standard InChI is InChI=1S/C14H12Cl3NO/c15-11-3-2-10(8-12(11)16)19-14-4-1-9(5-6-18)7-13(14)17/h1-4,7-8H,5-6,18H2. The van der Waals surface area contributed by atoms with Crippen molar-refractivity contribution in [3.63, 3.8) is 0 Å². The average Bonchev–Trinajstić information content (AvgIpc) is 2.37. The smallest absolute Gasteiger partial charge is 0.146 e. The number of ether oxygens (including phenoxy) is 1. The van der Waals surface area contributed by atoms with Crippen molar-refractivity contribution in [2.24, 2.45) is 5.73 Å². The molecule has 0 aromatic heterocycles. The lowest BCUT2D eigenvalue weighted by molar-refractivity contribution is 0.483. The number of nitrogens with two attached hydrogens (primary N) is 1. The first-order valence-corrected chi connectivity index (χ1v) is 6.85. The van der Waals surface area contributed by atoms with E-state index < -0.39 is 0 Å². The summed E-state index contributed by atoms with van der Waals surface area (Å²) in [7, 11) is 0. The monoisotopic (exact) mass is 315 g/mol. The Balaban J connectivity index is 2.20. The third-order valence-electron chi connectivity index (χ3n) is 2.55. The molecular formula is C14H12Cl3NO. The zero-order valence-corrected chi connectivity index (χ0v) is 12.3. The van der Waals surface area contributed by atoms with E-state index in [0.29, 0.717) is 33.1 Å². The van der Waals surface area contributed by atoms with Crippen molar-refractivity contribution in [1.29, 1.82) is 0 Å². The highest BCUT2D eigenvalue weighted by atomic mass is 35.5. The first kappa shape index (κ1) is 14.5. The Hall–Kier alpha value is -0.930. The minimum absolute atomic E-state index is 0.440. The molecular weight excluding hydrogens is 305 g/mol. The van der Waals surface area contributed by atoms with Crippen LogP contribution in [0, 0.1) is 0 Å². The van der Waals surface area contributed by atoms with Gasteiger partial charge in [0.05, 0.1) is 15.1 Å². The number of benzene rings is 2. The molecule has 2 N–H and O–H groups in total. The van der Waals surface area contributed by atoms with Crippen LogP contribution in [-0.4, -0.2) is 6.54 Å². The molecule has 0 bridgehead atoms. The topological polar surface area (TPSA) is 35.2 Å². The van der Waals surface area contributed by atoms with Crippen LogP contribution in [0.15, 0.2) is 36.4 Å². The van der Waals surface area contributed by atoms with E-state index in [-0.39, 0.29) is 0 Å². The number of hydrogen-bond donors (Lipinski definition) is 1. The lowest BCUT2D eigenvalue weighted by Crippen LogP contribution is -2.02. The minimum Gasteiger partial charge on any atom is -0.456 e. The maximum atomic E-state index is 6.16. The molecule has 0 spiro atoms. The van der Waals surface area contributed by atoms with Gasteiger partial charge >= 0.3 is 0 Å². The van der Waals surface area contributed by atoms with Gasteiger partial charge in [0.1, 0.15) is 11.5 Å². The summed E-state index contributed by atoms with van der Waals surface area (Å²) in [6, 6.07) is 10.7. The van der Waals surface area contributed by atoms with Crippen molar-refractivity contribution in [2.45, 2.75) is 6.42 Å². The molecule has 0 aliphatic rings. The summed E-state index contributed by atoms with van der Waals surface area (Å²) in [5, 5.41) is 1.46. The maximum absolute atomic E-state index is 6.16. The van der Waals surface area contributed by atoms with Gasteiger partial charge in [-0.25, -0.2) is 0 Å². The lowest BCUT2D eigenvalue weighted by atomic mass is 10.1. The minimum atomic E-state index is 0.440. The van der Waals surface area contributed by atoms with Crippen molar-refractivity contribution in [3.05, 3.63) is 57.0 Å². The van der Waals surface area contributed by atoms with Gasteiger partial charge in [0.2, 0.25) is 0 Å². The molecule has 0 atom stereocenters. The molecule has 0 heterocycles. The van der Waals surface area contributed by atoms with E-state index >= 15 is 0 Å². The van der Waals surface area contributed by atoms with Gasteiger partial charge in [0.15, 0.2) is 0 Å². The second kappa shape index (κ2) is 6.49. The Bertz CT molecular complexity index is 587. The molecule has 0 saturated carbocycles. The predicted molar refractivity (Wildman–Crippen MR) is 80.7 cm³/mol. The van der Waals surface area contributed by atoms with E-state index in [4.69, 9.17) is 45.3 Å². The molecule has 2 nitrogen and oxygen atoms in total. The van der Waals surface area contributed by atoms with Gasteiger partial charge in [0.25, 0.3) is 0 Å². The first-order valence-electron chi connectivity index (χ1n) is 5.71. The Morgan fingerprint density at radius 3 is 2.32 bits per heavy atom. The third kappa shape index (κ3) is 3.77. The Morgan fingerprint density at radius 1 is 0.895 bits per heavy atom. The molecule has 0 amide bonds. The Morgan fingerprint density at radius 2 is 1.68 bits per heavy atom. The van der Waals surface area contributed by atoms with E-state index in [1.807, 2.05) is 18.2 Å². The molecule has 0 aliphatic carbocycles. The summed E-state index contributed by atoms with van der Waals surface area (Å²) in [4.78, 5) is 0. The van der Waals surface area contributed by atoms with E-state index in [1.54, 1.807) is 18.2 Å². The first-order chi connectivity index (χ1) is 9.10. The normalized spacial score (nSPS) is 10.5. The van der Waals surface area contributed by atoms with Crippen molar-refractivity contribution >= 4 is 34.8 Å². The number of halogens is 3. The molecule has 2 rings (SSSR count). The third-order valence-corrected chi connectivity index (χ3v) is 3.58. The van der Waals surface area contributed by atoms with Gasteiger partial charge in [-0.15, -0.1) is 0 Å². The second-order valence-electron chi connectivity index (χ2n) is 3.98. The summed E-state index contributed by atoms with van der Waals surface area (Å²) in [6.07, 6.45) is 0.784. The van der Waals surface area contributed by atoms with Gasteiger partial charge in [-0.05, 0) is 42.8 Å². The van der Waals surface area contributed by atoms with Crippen LogP contribution in [0.5, 0.6) is 11.5 Å². The van der Waals surface area contributed by atoms with E-state index in [1.165, 1.54) is 0 Å². The van der Waals surface area contributed by atoms with Crippen molar-refractivity contribution in [1.82, 2.24) is 0 Å². The van der Waals surface area contributed by atoms with Crippen LogP contribution in [-0.2, 0) is 6.42 Å². The van der Waals surface area contributed by atoms with Crippen molar-refractivity contribution in [2.75, 3.05) is 6.54 Å². The van der Waals surface area contributed by atoms with Gasteiger partial charge < -0.3 is 10.5 Å². The molecule has 100 valence electrons. The molecule has 0 aliphatic heterocycles. The summed E-state index contributed by atoms with van der Waals surface area (Å²) in [6.45, 7) is 0.587. The summed E-state index contributed by atoms with van der Waals surface area (Å²) in [5.74, 6) is 1.16. The SMILES string of the molecule is NCCc1ccc(Oc2ccc(Cl)c(Cl)c2)c(Cl)c1. The summed E-state index contributed by atoms with van der Waals surface area (Å²) in [5.41, 5.74) is 6.58. The Labute approximate surface area is 127 Å². The zero-order chi connectivity index (χ0) is 13.8. The molecule has 0 radical (unpaired) electrons. The molecule has 0 fully saturated rings. The zero-order valence-electron chi connectivity index (χ0n) is 10.00. The fourth-order valence-electron chi connectivity index (χ4n) is 1.62. The predicted octanol–water partition coefficient (Wildman–Crippen LogP) is 4.94. The van der Waals surface area contributed by atoms with E-state index in [9.17, 15) is 0 Å². The van der Waals surface area contributed by atoms with Crippen LogP contribution >= 0.6 is 34.8 Å². The van der Waals surface area contributed by atoms with Crippen molar-refractivity contribution in [3.8, 4) is 11.5 Å². The molecule has 0 saturated heterocycles. The highest BCUT2D eigenvalue weighted by Crippen LogP contribution is 2.33. The largest absolute Gasteiger partial charge is 0.456 e. The maximum Gasteiger partial charge on any atom is 0.146 e. The van der Waals surface area contributed by atoms with Crippen LogP contribution in [0.4, 0.5) is 0 Å². The molecule has 2 aromatic carbocycles. The fraction of sp³-hybridized carbons (Fsp3) is 0.143. The quantitative estimate of drug-likeness (QED) is 0.867. The lowest BCUT2D eigenvalue weighted by Gasteiger charge is -2.09. The van der Waals surface area contributed by atoms with Crippen LogP contribution in [0.2, 0.25) is 15.1 Å². The number of hydrogen-bond acceptors (Lipinski definition) is 2. The van der Waals surface area contributed by atoms with Gasteiger partial charge in [-0.2, -0.15) is 0 Å². The second-order valence-corrected chi connectivity index (χ2v) is 5.20. The summed E-state index contributed by atoms with van der Waals surface area (Å²) < 4.78 is 5.67. The highest BCUT2D eigenvalue weighted by molar-refractivity contribution is 6.42. The van der Waals surface area contributed by atoms with Crippen LogP contribution in [0.3, 0.4) is 0 Å². The van der Waals surface area contributed by atoms with E-state index in [2.05, 4.69) is 0 Å². The molecule has 19 heavy (non-hydrogen) atoms. The van der Waals surface area contributed by atoms with Gasteiger partial charge in [-0.3, -0.25) is 0 Å². The Kier molecular flexibility index (Phi) is 4.94. The van der Waals surface area contributed by atoms with Gasteiger partial charge in [0, 0.05) is 6.07 Å². The average molecular weight is 317 g/mol. The molecule has 5 heteroatoms. The number of rotatable bonds is 4.